The van der Waals surface area contributed by atoms with Crippen LogP contribution in [0.15, 0.2) is 17.7 Å². The summed E-state index contributed by atoms with van der Waals surface area (Å²) in [5.41, 5.74) is 5.91. The summed E-state index contributed by atoms with van der Waals surface area (Å²) in [5, 5.41) is 3.58. The van der Waals surface area contributed by atoms with E-state index in [0.29, 0.717) is 0 Å². The maximum atomic E-state index is 3.58. The van der Waals surface area contributed by atoms with Gasteiger partial charge in [0.15, 0.2) is 0 Å². The minimum Gasteiger partial charge on any atom is -0.349 e. The maximum absolute atomic E-state index is 3.58. The summed E-state index contributed by atoms with van der Waals surface area (Å²) in [4.78, 5) is 0. The lowest BCUT2D eigenvalue weighted by atomic mass is 10.1. The molecule has 0 saturated carbocycles. The molecule has 1 aliphatic carbocycles. The number of aromatic nitrogens is 1. The third-order valence-electron chi connectivity index (χ3n) is 4.07. The molecule has 18 heavy (non-hydrogen) atoms. The zero-order valence-corrected chi connectivity index (χ0v) is 12.1. The summed E-state index contributed by atoms with van der Waals surface area (Å²) in [6, 6.07) is 2.32. The van der Waals surface area contributed by atoms with Crippen molar-refractivity contribution in [3.63, 3.8) is 0 Å². The van der Waals surface area contributed by atoms with Crippen LogP contribution in [0.25, 0.3) is 0 Å². The first-order valence-corrected chi connectivity index (χ1v) is 7.26. The first kappa shape index (κ1) is 13.4. The molecule has 0 atom stereocenters. The van der Waals surface area contributed by atoms with Crippen LogP contribution in [-0.2, 0) is 13.1 Å². The normalized spacial score (nSPS) is 15.2. The van der Waals surface area contributed by atoms with E-state index in [0.717, 1.165) is 19.6 Å². The first-order chi connectivity index (χ1) is 8.72. The van der Waals surface area contributed by atoms with Crippen molar-refractivity contribution >= 4 is 0 Å². The fourth-order valence-electron chi connectivity index (χ4n) is 2.97. The Labute approximate surface area is 111 Å². The van der Waals surface area contributed by atoms with Crippen molar-refractivity contribution in [3.8, 4) is 0 Å². The molecule has 1 aromatic rings. The Morgan fingerprint density at radius 2 is 2.17 bits per heavy atom. The highest BCUT2D eigenvalue weighted by Gasteiger charge is 2.07. The average Bonchev–Trinajstić information content (AvgIpc) is 2.94. The quantitative estimate of drug-likeness (QED) is 0.598. The van der Waals surface area contributed by atoms with Gasteiger partial charge in [0.1, 0.15) is 0 Å². The second-order valence-electron chi connectivity index (χ2n) is 5.32. The number of hydrogen-bond acceptors (Lipinski definition) is 1. The molecular weight excluding hydrogens is 220 g/mol. The number of aryl methyl sites for hydroxylation is 1. The van der Waals surface area contributed by atoms with E-state index in [4.69, 9.17) is 0 Å². The number of nitrogens with one attached hydrogen (secondary N) is 1. The summed E-state index contributed by atoms with van der Waals surface area (Å²) in [6.07, 6.45) is 7.64. The Morgan fingerprint density at radius 3 is 2.78 bits per heavy atom. The summed E-state index contributed by atoms with van der Waals surface area (Å²) in [6.45, 7) is 9.83. The molecule has 0 saturated heterocycles. The fourth-order valence-corrected chi connectivity index (χ4v) is 2.97. The van der Waals surface area contributed by atoms with Crippen molar-refractivity contribution in [1.82, 2.24) is 9.88 Å². The molecule has 0 aromatic carbocycles. The smallest absolute Gasteiger partial charge is 0.0223 e. The second-order valence-corrected chi connectivity index (χ2v) is 5.32. The van der Waals surface area contributed by atoms with Crippen molar-refractivity contribution in [1.29, 1.82) is 0 Å². The molecule has 2 nitrogen and oxygen atoms in total. The van der Waals surface area contributed by atoms with Crippen LogP contribution in [0.5, 0.6) is 0 Å². The minimum absolute atomic E-state index is 1.01. The molecule has 0 bridgehead atoms. The van der Waals surface area contributed by atoms with Gasteiger partial charge in [0, 0.05) is 24.5 Å². The van der Waals surface area contributed by atoms with Crippen molar-refractivity contribution in [3.05, 3.63) is 34.7 Å². The second kappa shape index (κ2) is 6.24. The standard InChI is InChI=1S/C16H26N2/c1-4-18-13(2)11-16(14(18)3)12-17-10-9-15-7-5-6-8-15/h7,11,17H,4-6,8-10,12H2,1-3H3. The van der Waals surface area contributed by atoms with Gasteiger partial charge in [-0.2, -0.15) is 0 Å². The van der Waals surface area contributed by atoms with Crippen molar-refractivity contribution in [2.75, 3.05) is 6.54 Å². The molecule has 0 radical (unpaired) electrons. The Morgan fingerprint density at radius 1 is 1.33 bits per heavy atom. The van der Waals surface area contributed by atoms with Gasteiger partial charge in [0.05, 0.1) is 0 Å². The molecule has 0 spiro atoms. The van der Waals surface area contributed by atoms with Crippen LogP contribution >= 0.6 is 0 Å². The summed E-state index contributed by atoms with van der Waals surface area (Å²) in [7, 11) is 0. The minimum atomic E-state index is 1.01. The van der Waals surface area contributed by atoms with Gasteiger partial charge in [0.25, 0.3) is 0 Å². The van der Waals surface area contributed by atoms with Crippen molar-refractivity contribution < 1.29 is 0 Å². The molecule has 0 unspecified atom stereocenters. The molecule has 100 valence electrons. The van der Waals surface area contributed by atoms with Gasteiger partial charge in [-0.1, -0.05) is 11.6 Å². The van der Waals surface area contributed by atoms with E-state index in [1.165, 1.54) is 42.6 Å². The molecule has 2 heteroatoms. The number of allylic oxidation sites excluding steroid dienone is 1. The van der Waals surface area contributed by atoms with E-state index in [2.05, 4.69) is 42.8 Å². The van der Waals surface area contributed by atoms with Crippen LogP contribution in [0.1, 0.15) is 49.6 Å². The topological polar surface area (TPSA) is 17.0 Å². The zero-order valence-electron chi connectivity index (χ0n) is 12.1. The first-order valence-electron chi connectivity index (χ1n) is 7.26. The van der Waals surface area contributed by atoms with Crippen LogP contribution in [0, 0.1) is 13.8 Å². The zero-order chi connectivity index (χ0) is 13.0. The number of hydrogen-bond donors (Lipinski definition) is 1. The molecule has 1 heterocycles. The van der Waals surface area contributed by atoms with Crippen LogP contribution in [0.3, 0.4) is 0 Å². The van der Waals surface area contributed by atoms with Gasteiger partial charge in [-0.25, -0.2) is 0 Å². The SMILES string of the molecule is CCn1c(C)cc(CNCCC2=CCCC2)c1C. The van der Waals surface area contributed by atoms with Crippen molar-refractivity contribution in [2.24, 2.45) is 0 Å². The van der Waals surface area contributed by atoms with E-state index >= 15 is 0 Å². The Hall–Kier alpha value is -1.02. The maximum Gasteiger partial charge on any atom is 0.0223 e. The molecule has 2 rings (SSSR count). The van der Waals surface area contributed by atoms with Crippen molar-refractivity contribution in [2.45, 2.75) is 59.5 Å². The number of rotatable bonds is 6. The number of nitrogens with zero attached hydrogens (tertiary/aromatic N) is 1. The van der Waals surface area contributed by atoms with E-state index in [9.17, 15) is 0 Å². The molecular formula is C16H26N2. The van der Waals surface area contributed by atoms with Gasteiger partial charge < -0.3 is 9.88 Å². The molecule has 0 aliphatic heterocycles. The van der Waals surface area contributed by atoms with Crippen LogP contribution in [0.4, 0.5) is 0 Å². The monoisotopic (exact) mass is 246 g/mol. The predicted molar refractivity (Wildman–Crippen MR) is 77.8 cm³/mol. The van der Waals surface area contributed by atoms with Crippen LogP contribution < -0.4 is 5.32 Å². The molecule has 1 N–H and O–H groups in total. The molecule has 1 aliphatic rings. The highest BCUT2D eigenvalue weighted by Crippen LogP contribution is 2.20. The summed E-state index contributed by atoms with van der Waals surface area (Å²) >= 11 is 0. The summed E-state index contributed by atoms with van der Waals surface area (Å²) in [5.74, 6) is 0. The third-order valence-corrected chi connectivity index (χ3v) is 4.07. The fraction of sp³-hybridized carbons (Fsp3) is 0.625. The highest BCUT2D eigenvalue weighted by atomic mass is 15.0. The van der Waals surface area contributed by atoms with Gasteiger partial charge >= 0.3 is 0 Å². The highest BCUT2D eigenvalue weighted by molar-refractivity contribution is 5.26. The van der Waals surface area contributed by atoms with Gasteiger partial charge in [-0.3, -0.25) is 0 Å². The molecule has 1 aromatic heterocycles. The van der Waals surface area contributed by atoms with E-state index in [1.54, 1.807) is 5.57 Å². The lowest BCUT2D eigenvalue weighted by Crippen LogP contribution is -2.15. The van der Waals surface area contributed by atoms with Gasteiger partial charge in [-0.05, 0) is 64.6 Å². The largest absolute Gasteiger partial charge is 0.349 e. The lowest BCUT2D eigenvalue weighted by molar-refractivity contribution is 0.664. The average molecular weight is 246 g/mol. The summed E-state index contributed by atoms with van der Waals surface area (Å²) < 4.78 is 2.39. The molecule has 0 fully saturated rings. The van der Waals surface area contributed by atoms with Crippen LogP contribution in [0.2, 0.25) is 0 Å². The van der Waals surface area contributed by atoms with E-state index in [1.807, 2.05) is 0 Å². The van der Waals surface area contributed by atoms with E-state index in [-0.39, 0.29) is 0 Å². The van der Waals surface area contributed by atoms with E-state index < -0.39 is 0 Å². The Bertz CT molecular complexity index is 427. The van der Waals surface area contributed by atoms with Crippen LogP contribution in [-0.4, -0.2) is 11.1 Å². The molecule has 0 amide bonds. The Balaban J connectivity index is 1.79. The van der Waals surface area contributed by atoms with Gasteiger partial charge in [-0.15, -0.1) is 0 Å². The lowest BCUT2D eigenvalue weighted by Gasteiger charge is -2.07. The van der Waals surface area contributed by atoms with Gasteiger partial charge in [0.2, 0.25) is 0 Å². The predicted octanol–water partition coefficient (Wildman–Crippen LogP) is 3.71. The Kier molecular flexibility index (Phi) is 4.65. The third kappa shape index (κ3) is 3.05.